The van der Waals surface area contributed by atoms with E-state index < -0.39 is 0 Å². The smallest absolute Gasteiger partial charge is 0.280 e. The molecule has 2 aliphatic heterocycles. The summed E-state index contributed by atoms with van der Waals surface area (Å²) in [5.74, 6) is 1.47. The number of carbonyl (C=O) groups excluding carboxylic acids is 1. The van der Waals surface area contributed by atoms with Gasteiger partial charge in [0.2, 0.25) is 0 Å². The van der Waals surface area contributed by atoms with E-state index in [9.17, 15) is 9.59 Å². The van der Waals surface area contributed by atoms with Crippen LogP contribution in [0.25, 0.3) is 11.3 Å². The van der Waals surface area contributed by atoms with Crippen molar-refractivity contribution in [1.82, 2.24) is 19.7 Å². The first-order chi connectivity index (χ1) is 15.0. The van der Waals surface area contributed by atoms with Crippen molar-refractivity contribution in [3.8, 4) is 17.0 Å². The van der Waals surface area contributed by atoms with Gasteiger partial charge >= 0.3 is 0 Å². The molecule has 1 saturated heterocycles. The first-order valence-electron chi connectivity index (χ1n) is 10.5. The minimum Gasteiger partial charge on any atom is -0.497 e. The van der Waals surface area contributed by atoms with Crippen LogP contribution in [0.3, 0.4) is 0 Å². The summed E-state index contributed by atoms with van der Waals surface area (Å²) in [6.07, 6.45) is 1.58. The van der Waals surface area contributed by atoms with Crippen LogP contribution in [0.4, 0.5) is 0 Å². The Labute approximate surface area is 180 Å². The molecule has 3 heterocycles. The van der Waals surface area contributed by atoms with Crippen molar-refractivity contribution in [3.63, 3.8) is 0 Å². The minimum atomic E-state index is -0.303. The van der Waals surface area contributed by atoms with Crippen LogP contribution in [0.1, 0.15) is 34.6 Å². The quantitative estimate of drug-likeness (QED) is 0.656. The Morgan fingerprint density at radius 2 is 1.77 bits per heavy atom. The van der Waals surface area contributed by atoms with Crippen LogP contribution in [0.5, 0.6) is 5.75 Å². The Bertz CT molecular complexity index is 1220. The molecule has 3 aromatic rings. The average molecular weight is 416 g/mol. The van der Waals surface area contributed by atoms with Crippen molar-refractivity contribution in [1.29, 1.82) is 0 Å². The number of hydrogen-bond donors (Lipinski definition) is 0. The molecule has 2 aliphatic rings. The number of fused-ring (bicyclic) bond motifs is 2. The van der Waals surface area contributed by atoms with Crippen LogP contribution in [0.2, 0.25) is 0 Å². The number of aryl methyl sites for hydroxylation is 1. The fourth-order valence-electron chi connectivity index (χ4n) is 4.80. The Kier molecular flexibility index (Phi) is 4.61. The van der Waals surface area contributed by atoms with E-state index in [4.69, 9.17) is 4.74 Å². The summed E-state index contributed by atoms with van der Waals surface area (Å²) in [5, 5.41) is 8.81. The summed E-state index contributed by atoms with van der Waals surface area (Å²) in [6.45, 7) is 3.77. The minimum absolute atomic E-state index is 0.0404. The number of nitrogens with zero attached hydrogens (tertiary/aromatic N) is 4. The van der Waals surface area contributed by atoms with Gasteiger partial charge in [-0.1, -0.05) is 18.2 Å². The van der Waals surface area contributed by atoms with E-state index in [1.165, 1.54) is 0 Å². The van der Waals surface area contributed by atoms with Gasteiger partial charge < -0.3 is 9.64 Å². The van der Waals surface area contributed by atoms with Crippen molar-refractivity contribution in [2.75, 3.05) is 20.2 Å². The number of likely N-dealkylation sites (tertiary alicyclic amines) is 1. The molecule has 1 amide bonds. The second-order valence-electron chi connectivity index (χ2n) is 8.38. The highest BCUT2D eigenvalue weighted by atomic mass is 16.5. The molecular formula is C24H24N4O3. The lowest BCUT2D eigenvalue weighted by atomic mass is 9.85. The van der Waals surface area contributed by atoms with E-state index in [0.717, 1.165) is 35.3 Å². The highest BCUT2D eigenvalue weighted by molar-refractivity contribution is 5.95. The number of hydrogen-bond acceptors (Lipinski definition) is 5. The summed E-state index contributed by atoms with van der Waals surface area (Å²) in [7, 11) is 1.60. The number of amides is 1. The third kappa shape index (κ3) is 3.12. The Morgan fingerprint density at radius 1 is 1.03 bits per heavy atom. The first kappa shape index (κ1) is 19.5. The molecule has 0 saturated carbocycles. The molecule has 0 unspecified atom stereocenters. The zero-order chi connectivity index (χ0) is 21.6. The summed E-state index contributed by atoms with van der Waals surface area (Å²) < 4.78 is 6.93. The third-order valence-electron chi connectivity index (χ3n) is 6.62. The predicted molar refractivity (Wildman–Crippen MR) is 116 cm³/mol. The Hall–Kier alpha value is -3.48. The van der Waals surface area contributed by atoms with Crippen LogP contribution in [0.15, 0.2) is 53.3 Å². The molecule has 5 rings (SSSR count). The lowest BCUT2D eigenvalue weighted by Crippen LogP contribution is -2.35. The molecule has 1 spiro atoms. The van der Waals surface area contributed by atoms with Crippen molar-refractivity contribution >= 4 is 5.91 Å². The molecule has 158 valence electrons. The maximum atomic E-state index is 13.2. The fraction of sp³-hybridized carbons (Fsp3) is 0.333. The Balaban J connectivity index is 1.44. The van der Waals surface area contributed by atoms with E-state index in [1.807, 2.05) is 60.4 Å². The van der Waals surface area contributed by atoms with Crippen molar-refractivity contribution < 1.29 is 9.53 Å². The van der Waals surface area contributed by atoms with Crippen LogP contribution < -0.4 is 10.3 Å². The maximum absolute atomic E-state index is 13.2. The van der Waals surface area contributed by atoms with Gasteiger partial charge in [0, 0.05) is 30.8 Å². The second kappa shape index (κ2) is 7.34. The van der Waals surface area contributed by atoms with Crippen LogP contribution >= 0.6 is 0 Å². The number of methoxy groups -OCH3 is 1. The van der Waals surface area contributed by atoms with Gasteiger partial charge in [-0.25, -0.2) is 0 Å². The summed E-state index contributed by atoms with van der Waals surface area (Å²) in [5.41, 5.74) is 2.33. The highest BCUT2D eigenvalue weighted by Gasteiger charge is 2.48. The Morgan fingerprint density at radius 3 is 2.52 bits per heavy atom. The average Bonchev–Trinajstić information content (AvgIpc) is 3.39. The fourth-order valence-corrected chi connectivity index (χ4v) is 4.80. The number of rotatable bonds is 3. The summed E-state index contributed by atoms with van der Waals surface area (Å²) in [6, 6.07) is 14.9. The number of benzene rings is 2. The summed E-state index contributed by atoms with van der Waals surface area (Å²) >= 11 is 0. The highest BCUT2D eigenvalue weighted by Crippen LogP contribution is 2.41. The van der Waals surface area contributed by atoms with Gasteiger partial charge in [-0.3, -0.25) is 14.2 Å². The van der Waals surface area contributed by atoms with Gasteiger partial charge in [0.25, 0.3) is 11.5 Å². The lowest BCUT2D eigenvalue weighted by molar-refractivity contribution is 0.0782. The molecule has 0 N–H and O–H groups in total. The molecular weight excluding hydrogens is 392 g/mol. The molecule has 1 fully saturated rings. The first-order valence-corrected chi connectivity index (χ1v) is 10.5. The molecule has 1 aromatic heterocycles. The predicted octanol–water partition coefficient (Wildman–Crippen LogP) is 2.81. The molecule has 31 heavy (non-hydrogen) atoms. The van der Waals surface area contributed by atoms with E-state index >= 15 is 0 Å². The molecule has 0 aliphatic carbocycles. The largest absolute Gasteiger partial charge is 0.497 e. The van der Waals surface area contributed by atoms with Crippen LogP contribution in [-0.2, 0) is 12.0 Å². The van der Waals surface area contributed by atoms with Gasteiger partial charge in [0.05, 0.1) is 12.5 Å². The van der Waals surface area contributed by atoms with Crippen LogP contribution in [0, 0.1) is 6.92 Å². The van der Waals surface area contributed by atoms with Crippen molar-refractivity contribution in [2.24, 2.45) is 0 Å². The molecule has 2 aromatic carbocycles. The molecule has 0 radical (unpaired) electrons. The topological polar surface area (TPSA) is 77.3 Å². The standard InChI is InChI=1S/C24H24N4O3/c1-16-5-3-4-6-19(16)21(29)27-13-11-24(15-27)12-14-28-22(30)20(25-26-23(24)28)17-7-9-18(31-2)10-8-17/h3-10H,11-15H2,1-2H3/t24-/m1/s1. The van der Waals surface area contributed by atoms with E-state index in [2.05, 4.69) is 10.2 Å². The van der Waals surface area contributed by atoms with Crippen LogP contribution in [-0.4, -0.2) is 45.8 Å². The van der Waals surface area contributed by atoms with E-state index in [-0.39, 0.29) is 16.9 Å². The van der Waals surface area contributed by atoms with E-state index in [1.54, 1.807) is 11.7 Å². The van der Waals surface area contributed by atoms with Crippen molar-refractivity contribution in [2.45, 2.75) is 31.7 Å². The third-order valence-corrected chi connectivity index (χ3v) is 6.62. The maximum Gasteiger partial charge on any atom is 0.280 e. The van der Waals surface area contributed by atoms with E-state index in [0.29, 0.717) is 31.2 Å². The van der Waals surface area contributed by atoms with Gasteiger partial charge in [0.1, 0.15) is 11.6 Å². The zero-order valence-corrected chi connectivity index (χ0v) is 17.7. The second-order valence-corrected chi connectivity index (χ2v) is 8.38. The molecule has 1 atom stereocenters. The number of aromatic nitrogens is 3. The SMILES string of the molecule is COc1ccc(-c2nnc3n(c2=O)CC[C@@]32CCN(C(=O)c3ccccc3C)C2)cc1. The van der Waals surface area contributed by atoms with Crippen molar-refractivity contribution in [3.05, 3.63) is 75.8 Å². The van der Waals surface area contributed by atoms with Gasteiger partial charge in [0.15, 0.2) is 5.69 Å². The monoisotopic (exact) mass is 416 g/mol. The molecule has 7 nitrogen and oxygen atoms in total. The van der Waals surface area contributed by atoms with Gasteiger partial charge in [-0.2, -0.15) is 0 Å². The molecule has 0 bridgehead atoms. The van der Waals surface area contributed by atoms with Gasteiger partial charge in [-0.05, 0) is 55.7 Å². The number of ether oxygens (including phenoxy) is 1. The molecule has 7 heteroatoms. The number of carbonyl (C=O) groups is 1. The zero-order valence-electron chi connectivity index (χ0n) is 17.7. The summed E-state index contributed by atoms with van der Waals surface area (Å²) in [4.78, 5) is 28.2. The van der Waals surface area contributed by atoms with Gasteiger partial charge in [-0.15, -0.1) is 10.2 Å². The lowest BCUT2D eigenvalue weighted by Gasteiger charge is -2.23. The normalized spacial score (nSPS) is 19.6.